The van der Waals surface area contributed by atoms with Gasteiger partial charge >= 0.3 is 5.97 Å². The van der Waals surface area contributed by atoms with Crippen LogP contribution in [-0.4, -0.2) is 29.2 Å². The Morgan fingerprint density at radius 1 is 1.14 bits per heavy atom. The van der Waals surface area contributed by atoms with Crippen LogP contribution in [0.2, 0.25) is 0 Å². The summed E-state index contributed by atoms with van der Waals surface area (Å²) in [5.74, 6) is -2.79. The number of carboxylic acids is 1. The average molecular weight is 287 g/mol. The maximum atomic E-state index is 12.5. The summed E-state index contributed by atoms with van der Waals surface area (Å²) in [5.41, 5.74) is 2.70. The normalized spacial score (nSPS) is 29.6. The number of rotatable bonds is 3. The minimum Gasteiger partial charge on any atom is -0.481 e. The molecule has 5 heteroatoms. The first-order valence-corrected chi connectivity index (χ1v) is 6.92. The lowest BCUT2D eigenvalue weighted by Gasteiger charge is -2.21. The zero-order chi connectivity index (χ0) is 15.1. The van der Waals surface area contributed by atoms with E-state index in [1.54, 1.807) is 12.2 Å². The molecule has 2 N–H and O–H groups in total. The highest BCUT2D eigenvalue weighted by Crippen LogP contribution is 2.40. The number of fused-ring (bicyclic) bond motifs is 2. The Hall–Kier alpha value is -2.14. The summed E-state index contributed by atoms with van der Waals surface area (Å²) >= 11 is 0. The number of carbonyl (C=O) groups is 2. The molecule has 1 amide bonds. The molecule has 1 aromatic rings. The zero-order valence-corrected chi connectivity index (χ0v) is 11.9. The van der Waals surface area contributed by atoms with Gasteiger partial charge in [-0.2, -0.15) is 0 Å². The van der Waals surface area contributed by atoms with Gasteiger partial charge in [0.25, 0.3) is 0 Å². The van der Waals surface area contributed by atoms with Crippen molar-refractivity contribution in [2.24, 2.45) is 11.8 Å². The van der Waals surface area contributed by atoms with E-state index in [4.69, 9.17) is 4.74 Å². The van der Waals surface area contributed by atoms with E-state index in [1.165, 1.54) is 0 Å². The van der Waals surface area contributed by atoms with Gasteiger partial charge in [-0.1, -0.05) is 24.3 Å². The summed E-state index contributed by atoms with van der Waals surface area (Å²) in [6.07, 6.45) is 2.56. The second-order valence-electron chi connectivity index (χ2n) is 5.65. The van der Waals surface area contributed by atoms with Crippen molar-refractivity contribution >= 4 is 17.6 Å². The van der Waals surface area contributed by atoms with Gasteiger partial charge in [0.05, 0.1) is 18.1 Å². The summed E-state index contributed by atoms with van der Waals surface area (Å²) in [4.78, 5) is 23.9. The molecule has 4 atom stereocenters. The van der Waals surface area contributed by atoms with Crippen molar-refractivity contribution < 1.29 is 19.4 Å². The van der Waals surface area contributed by atoms with Crippen LogP contribution in [0.5, 0.6) is 0 Å². The lowest BCUT2D eigenvalue weighted by molar-refractivity contribution is -0.145. The first kappa shape index (κ1) is 13.8. The highest BCUT2D eigenvalue weighted by atomic mass is 16.5. The summed E-state index contributed by atoms with van der Waals surface area (Å²) in [6, 6.07) is 5.78. The predicted molar refractivity (Wildman–Crippen MR) is 77.0 cm³/mol. The molecule has 0 aromatic heterocycles. The summed E-state index contributed by atoms with van der Waals surface area (Å²) in [6.45, 7) is 3.85. The third-order valence-corrected chi connectivity index (χ3v) is 4.14. The Kier molecular flexibility index (Phi) is 3.29. The fourth-order valence-electron chi connectivity index (χ4n) is 3.00. The molecule has 0 spiro atoms. The van der Waals surface area contributed by atoms with Crippen LogP contribution in [0.25, 0.3) is 0 Å². The molecule has 2 heterocycles. The quantitative estimate of drug-likeness (QED) is 0.833. The fourth-order valence-corrected chi connectivity index (χ4v) is 3.00. The minimum absolute atomic E-state index is 0.298. The molecule has 0 unspecified atom stereocenters. The molecule has 0 aliphatic carbocycles. The number of hydrogen-bond acceptors (Lipinski definition) is 3. The number of anilines is 1. The van der Waals surface area contributed by atoms with E-state index in [2.05, 4.69) is 5.32 Å². The SMILES string of the molecule is Cc1ccc(C)c(NC(=O)[C@@H]2[C@H](C(=O)O)[C@H]3C=C[C@H]2O3)c1. The van der Waals surface area contributed by atoms with Crippen molar-refractivity contribution in [3.63, 3.8) is 0 Å². The fraction of sp³-hybridized carbons (Fsp3) is 0.375. The maximum Gasteiger partial charge on any atom is 0.310 e. The summed E-state index contributed by atoms with van der Waals surface area (Å²) in [5, 5.41) is 12.2. The third-order valence-electron chi connectivity index (χ3n) is 4.14. The molecule has 2 aliphatic rings. The number of carboxylic acid groups (broad SMARTS) is 1. The van der Waals surface area contributed by atoms with Gasteiger partial charge in [-0.25, -0.2) is 0 Å². The standard InChI is InChI=1S/C16H17NO4/c1-8-3-4-9(2)10(7-8)17-15(18)13-11-5-6-12(21-11)14(13)16(19)20/h3-7,11-14H,1-2H3,(H,17,18)(H,19,20)/t11-,12-,13+,14-/m1/s1. The lowest BCUT2D eigenvalue weighted by Crippen LogP contribution is -2.39. The number of aryl methyl sites for hydroxylation is 2. The highest BCUT2D eigenvalue weighted by molar-refractivity contribution is 5.97. The molecular weight excluding hydrogens is 270 g/mol. The van der Waals surface area contributed by atoms with Gasteiger partial charge < -0.3 is 15.2 Å². The van der Waals surface area contributed by atoms with Crippen LogP contribution in [0.15, 0.2) is 30.4 Å². The average Bonchev–Trinajstić information content (AvgIpc) is 3.03. The Bertz CT molecular complexity index is 637. The summed E-state index contributed by atoms with van der Waals surface area (Å²) < 4.78 is 5.52. The number of carbonyl (C=O) groups excluding carboxylic acids is 1. The second kappa shape index (κ2) is 5.00. The monoisotopic (exact) mass is 287 g/mol. The second-order valence-corrected chi connectivity index (χ2v) is 5.65. The van der Waals surface area contributed by atoms with Crippen molar-refractivity contribution in [3.05, 3.63) is 41.5 Å². The molecule has 110 valence electrons. The van der Waals surface area contributed by atoms with Crippen LogP contribution in [0.3, 0.4) is 0 Å². The van der Waals surface area contributed by atoms with Gasteiger partial charge in [-0.3, -0.25) is 9.59 Å². The van der Waals surface area contributed by atoms with Crippen LogP contribution in [0.1, 0.15) is 11.1 Å². The highest BCUT2D eigenvalue weighted by Gasteiger charge is 2.53. The molecule has 2 aliphatic heterocycles. The Morgan fingerprint density at radius 3 is 2.48 bits per heavy atom. The van der Waals surface area contributed by atoms with Gasteiger partial charge in [0, 0.05) is 5.69 Å². The molecule has 1 saturated heterocycles. The molecule has 1 aromatic carbocycles. The van der Waals surface area contributed by atoms with Crippen molar-refractivity contribution in [1.29, 1.82) is 0 Å². The number of ether oxygens (including phenoxy) is 1. The molecule has 0 saturated carbocycles. The van der Waals surface area contributed by atoms with Crippen LogP contribution < -0.4 is 5.32 Å². The topological polar surface area (TPSA) is 75.6 Å². The van der Waals surface area contributed by atoms with E-state index in [0.29, 0.717) is 0 Å². The molecule has 21 heavy (non-hydrogen) atoms. The molecule has 2 bridgehead atoms. The van der Waals surface area contributed by atoms with E-state index >= 15 is 0 Å². The molecule has 3 rings (SSSR count). The number of benzene rings is 1. The molecule has 1 fully saturated rings. The van der Waals surface area contributed by atoms with E-state index < -0.39 is 30.0 Å². The van der Waals surface area contributed by atoms with Gasteiger partial charge in [0.15, 0.2) is 0 Å². The van der Waals surface area contributed by atoms with Crippen LogP contribution >= 0.6 is 0 Å². The zero-order valence-electron chi connectivity index (χ0n) is 11.9. The van der Waals surface area contributed by atoms with Gasteiger partial charge in [0.1, 0.15) is 5.92 Å². The van der Waals surface area contributed by atoms with Crippen LogP contribution in [0.4, 0.5) is 5.69 Å². The van der Waals surface area contributed by atoms with Gasteiger partial charge in [-0.15, -0.1) is 0 Å². The Labute approximate surface area is 122 Å². The number of aliphatic carboxylic acids is 1. The Balaban J connectivity index is 1.83. The number of hydrogen-bond donors (Lipinski definition) is 2. The first-order chi connectivity index (χ1) is 9.97. The minimum atomic E-state index is -0.993. The molecule has 0 radical (unpaired) electrons. The predicted octanol–water partition coefficient (Wildman–Crippen LogP) is 1.90. The van der Waals surface area contributed by atoms with E-state index in [0.717, 1.165) is 16.8 Å². The lowest BCUT2D eigenvalue weighted by atomic mass is 9.82. The van der Waals surface area contributed by atoms with Crippen LogP contribution in [0, 0.1) is 25.7 Å². The molecule has 5 nitrogen and oxygen atoms in total. The van der Waals surface area contributed by atoms with Gasteiger partial charge in [0.2, 0.25) is 5.91 Å². The largest absolute Gasteiger partial charge is 0.481 e. The smallest absolute Gasteiger partial charge is 0.310 e. The van der Waals surface area contributed by atoms with E-state index in [9.17, 15) is 14.7 Å². The van der Waals surface area contributed by atoms with Gasteiger partial charge in [-0.05, 0) is 31.0 Å². The first-order valence-electron chi connectivity index (χ1n) is 6.92. The molecular formula is C16H17NO4. The van der Waals surface area contributed by atoms with Crippen molar-refractivity contribution in [2.75, 3.05) is 5.32 Å². The number of nitrogens with one attached hydrogen (secondary N) is 1. The van der Waals surface area contributed by atoms with Crippen LogP contribution in [-0.2, 0) is 14.3 Å². The van der Waals surface area contributed by atoms with E-state index in [-0.39, 0.29) is 5.91 Å². The third kappa shape index (κ3) is 2.34. The van der Waals surface area contributed by atoms with E-state index in [1.807, 2.05) is 32.0 Å². The summed E-state index contributed by atoms with van der Waals surface area (Å²) in [7, 11) is 0. The van der Waals surface area contributed by atoms with Crippen molar-refractivity contribution in [1.82, 2.24) is 0 Å². The van der Waals surface area contributed by atoms with Crippen molar-refractivity contribution in [3.8, 4) is 0 Å². The Morgan fingerprint density at radius 2 is 1.81 bits per heavy atom. The number of amides is 1. The maximum absolute atomic E-state index is 12.5. The van der Waals surface area contributed by atoms with Crippen molar-refractivity contribution in [2.45, 2.75) is 26.1 Å².